The number of nitrogens with one attached hydrogen (secondary N) is 1. The number of thiazole rings is 1. The zero-order valence-corrected chi connectivity index (χ0v) is 14.3. The fourth-order valence-electron chi connectivity index (χ4n) is 2.48. The Labute approximate surface area is 140 Å². The summed E-state index contributed by atoms with van der Waals surface area (Å²) in [7, 11) is -3.50. The molecular formula is C16H17N3O2S2. The van der Waals surface area contributed by atoms with Gasteiger partial charge in [-0.3, -0.25) is 0 Å². The molecule has 1 saturated carbocycles. The highest BCUT2D eigenvalue weighted by Gasteiger charge is 2.36. The lowest BCUT2D eigenvalue weighted by Crippen LogP contribution is -2.31. The molecule has 0 amide bonds. The number of hydrogen-bond donors (Lipinski definition) is 1. The van der Waals surface area contributed by atoms with E-state index in [1.807, 2.05) is 18.4 Å². The van der Waals surface area contributed by atoms with Crippen LogP contribution in [0.3, 0.4) is 0 Å². The van der Waals surface area contributed by atoms with E-state index < -0.39 is 10.0 Å². The molecule has 0 aliphatic heterocycles. The Morgan fingerprint density at radius 2 is 2.26 bits per heavy atom. The van der Waals surface area contributed by atoms with Crippen molar-refractivity contribution in [2.24, 2.45) is 5.92 Å². The van der Waals surface area contributed by atoms with Crippen molar-refractivity contribution in [2.45, 2.75) is 31.6 Å². The summed E-state index contributed by atoms with van der Waals surface area (Å²) in [5.41, 5.74) is 1.99. The van der Waals surface area contributed by atoms with Gasteiger partial charge in [-0.1, -0.05) is 12.1 Å². The lowest BCUT2D eigenvalue weighted by Gasteiger charge is -2.16. The Morgan fingerprint density at radius 3 is 2.87 bits per heavy atom. The van der Waals surface area contributed by atoms with E-state index in [4.69, 9.17) is 5.26 Å². The summed E-state index contributed by atoms with van der Waals surface area (Å²) in [5.74, 6) is 0.205. The van der Waals surface area contributed by atoms with Gasteiger partial charge in [-0.15, -0.1) is 11.3 Å². The van der Waals surface area contributed by atoms with Crippen LogP contribution >= 0.6 is 11.3 Å². The Morgan fingerprint density at radius 1 is 1.48 bits per heavy atom. The number of aryl methyl sites for hydroxylation is 1. The molecule has 3 rings (SSSR count). The number of sulfonamides is 1. The van der Waals surface area contributed by atoms with E-state index in [2.05, 4.69) is 9.71 Å². The van der Waals surface area contributed by atoms with Gasteiger partial charge in [0.1, 0.15) is 5.01 Å². The number of aromatic nitrogens is 1. The van der Waals surface area contributed by atoms with Gasteiger partial charge in [0, 0.05) is 11.1 Å². The molecule has 1 heterocycles. The molecule has 0 bridgehead atoms. The van der Waals surface area contributed by atoms with Gasteiger partial charge < -0.3 is 0 Å². The zero-order valence-electron chi connectivity index (χ0n) is 12.7. The molecule has 5 nitrogen and oxygen atoms in total. The number of rotatable bonds is 6. The van der Waals surface area contributed by atoms with Crippen LogP contribution in [0.1, 0.15) is 40.7 Å². The highest BCUT2D eigenvalue weighted by atomic mass is 32.2. The average molecular weight is 347 g/mol. The van der Waals surface area contributed by atoms with Gasteiger partial charge >= 0.3 is 0 Å². The van der Waals surface area contributed by atoms with Gasteiger partial charge in [0.15, 0.2) is 0 Å². The third-order valence-electron chi connectivity index (χ3n) is 3.72. The van der Waals surface area contributed by atoms with Crippen LogP contribution in [0.5, 0.6) is 0 Å². The lowest BCUT2D eigenvalue weighted by molar-refractivity contribution is 0.526. The maximum atomic E-state index is 12.5. The molecule has 7 heteroatoms. The van der Waals surface area contributed by atoms with E-state index in [1.54, 1.807) is 24.3 Å². The summed E-state index contributed by atoms with van der Waals surface area (Å²) in [5, 5.41) is 11.7. The third-order valence-corrected chi connectivity index (χ3v) is 6.09. The average Bonchev–Trinajstić information content (AvgIpc) is 3.26. The zero-order chi connectivity index (χ0) is 16.4. The predicted octanol–water partition coefficient (Wildman–Crippen LogP) is 2.89. The fraction of sp³-hybridized carbons (Fsp3) is 0.375. The first-order valence-corrected chi connectivity index (χ1v) is 9.91. The van der Waals surface area contributed by atoms with Crippen LogP contribution < -0.4 is 4.72 Å². The molecule has 120 valence electrons. The van der Waals surface area contributed by atoms with Gasteiger partial charge in [-0.05, 0) is 43.4 Å². The second-order valence-electron chi connectivity index (χ2n) is 5.83. The Bertz CT molecular complexity index is 848. The summed E-state index contributed by atoms with van der Waals surface area (Å²) < 4.78 is 27.8. The molecule has 1 atom stereocenters. The van der Waals surface area contributed by atoms with Gasteiger partial charge in [0.2, 0.25) is 10.0 Å². The largest absolute Gasteiger partial charge is 0.245 e. The standard InChI is InChI=1S/C16H17N3O2S2/c1-11-9-22-16(18-11)15(14-5-6-14)19-23(20,21)10-13-4-2-3-12(7-13)8-17/h2-4,7,9,14-15,19H,5-6,10H2,1H3. The molecule has 1 aromatic carbocycles. The van der Waals surface area contributed by atoms with E-state index in [9.17, 15) is 8.42 Å². The Kier molecular flexibility index (Phi) is 4.48. The molecule has 1 unspecified atom stereocenters. The molecule has 0 radical (unpaired) electrons. The molecule has 1 aromatic heterocycles. The van der Waals surface area contributed by atoms with Crippen molar-refractivity contribution in [3.05, 3.63) is 51.5 Å². The van der Waals surface area contributed by atoms with Crippen molar-refractivity contribution in [3.63, 3.8) is 0 Å². The maximum absolute atomic E-state index is 12.5. The molecule has 0 saturated heterocycles. The second kappa shape index (κ2) is 6.40. The van der Waals surface area contributed by atoms with Crippen LogP contribution in [0.4, 0.5) is 0 Å². The van der Waals surface area contributed by atoms with Crippen LogP contribution in [0.2, 0.25) is 0 Å². The Hall–Kier alpha value is -1.75. The normalized spacial score (nSPS) is 16.0. The van der Waals surface area contributed by atoms with E-state index in [0.717, 1.165) is 23.5 Å². The summed E-state index contributed by atoms with van der Waals surface area (Å²) in [6.07, 6.45) is 2.05. The number of nitrogens with zero attached hydrogens (tertiary/aromatic N) is 2. The van der Waals surface area contributed by atoms with E-state index in [0.29, 0.717) is 17.0 Å². The van der Waals surface area contributed by atoms with Crippen molar-refractivity contribution >= 4 is 21.4 Å². The van der Waals surface area contributed by atoms with Crippen molar-refractivity contribution in [1.82, 2.24) is 9.71 Å². The monoisotopic (exact) mass is 347 g/mol. The smallest absolute Gasteiger partial charge is 0.216 e. The SMILES string of the molecule is Cc1csc(C(NS(=O)(=O)Cc2cccc(C#N)c2)C2CC2)n1. The summed E-state index contributed by atoms with van der Waals surface area (Å²) in [4.78, 5) is 4.44. The second-order valence-corrected chi connectivity index (χ2v) is 8.47. The first-order valence-electron chi connectivity index (χ1n) is 7.38. The van der Waals surface area contributed by atoms with Crippen molar-refractivity contribution in [2.75, 3.05) is 0 Å². The molecular weight excluding hydrogens is 330 g/mol. The maximum Gasteiger partial charge on any atom is 0.216 e. The van der Waals surface area contributed by atoms with E-state index in [1.165, 1.54) is 11.3 Å². The third kappa shape index (κ3) is 4.16. The molecule has 1 fully saturated rings. The van der Waals surface area contributed by atoms with Gasteiger partial charge in [-0.25, -0.2) is 18.1 Å². The lowest BCUT2D eigenvalue weighted by atomic mass is 10.2. The summed E-state index contributed by atoms with van der Waals surface area (Å²) in [6, 6.07) is 8.48. The minimum absolute atomic E-state index is 0.129. The molecule has 2 aromatic rings. The van der Waals surface area contributed by atoms with Gasteiger partial charge in [0.25, 0.3) is 0 Å². The molecule has 1 aliphatic carbocycles. The summed E-state index contributed by atoms with van der Waals surface area (Å²) in [6.45, 7) is 1.91. The van der Waals surface area contributed by atoms with Crippen LogP contribution in [-0.2, 0) is 15.8 Å². The molecule has 1 N–H and O–H groups in total. The highest BCUT2D eigenvalue weighted by Crippen LogP contribution is 2.42. The van der Waals surface area contributed by atoms with E-state index >= 15 is 0 Å². The van der Waals surface area contributed by atoms with Crippen LogP contribution in [0, 0.1) is 24.2 Å². The quantitative estimate of drug-likeness (QED) is 0.871. The fourth-order valence-corrected chi connectivity index (χ4v) is 4.88. The number of hydrogen-bond acceptors (Lipinski definition) is 5. The molecule has 23 heavy (non-hydrogen) atoms. The van der Waals surface area contributed by atoms with Crippen molar-refractivity contribution in [1.29, 1.82) is 5.26 Å². The number of benzene rings is 1. The van der Waals surface area contributed by atoms with E-state index in [-0.39, 0.29) is 11.8 Å². The molecule has 1 aliphatic rings. The summed E-state index contributed by atoms with van der Waals surface area (Å²) >= 11 is 1.50. The topological polar surface area (TPSA) is 82.9 Å². The Balaban J connectivity index is 1.77. The number of nitriles is 1. The predicted molar refractivity (Wildman–Crippen MR) is 89.2 cm³/mol. The van der Waals surface area contributed by atoms with Crippen LogP contribution in [0.15, 0.2) is 29.6 Å². The van der Waals surface area contributed by atoms with Crippen LogP contribution in [0.25, 0.3) is 0 Å². The minimum Gasteiger partial charge on any atom is -0.245 e. The van der Waals surface area contributed by atoms with Crippen LogP contribution in [-0.4, -0.2) is 13.4 Å². The van der Waals surface area contributed by atoms with Crippen molar-refractivity contribution < 1.29 is 8.42 Å². The first kappa shape index (κ1) is 16.1. The van der Waals surface area contributed by atoms with Gasteiger partial charge in [-0.2, -0.15) is 5.26 Å². The molecule has 0 spiro atoms. The van der Waals surface area contributed by atoms with Crippen molar-refractivity contribution in [3.8, 4) is 6.07 Å². The highest BCUT2D eigenvalue weighted by molar-refractivity contribution is 7.88. The van der Waals surface area contributed by atoms with Gasteiger partial charge in [0.05, 0.1) is 23.4 Å². The first-order chi connectivity index (χ1) is 11.0. The minimum atomic E-state index is -3.50.